The van der Waals surface area contributed by atoms with Gasteiger partial charge in [-0.2, -0.15) is 0 Å². The summed E-state index contributed by atoms with van der Waals surface area (Å²) in [5, 5.41) is 31.9. The van der Waals surface area contributed by atoms with Gasteiger partial charge < -0.3 is 10.2 Å². The molecule has 0 aromatic carbocycles. The first-order chi connectivity index (χ1) is 12.5. The minimum atomic E-state index is -1.33. The van der Waals surface area contributed by atoms with Crippen molar-refractivity contribution in [3.05, 3.63) is 32.8 Å². The van der Waals surface area contributed by atoms with Gasteiger partial charge >= 0.3 is 11.9 Å². The quantitative estimate of drug-likeness (QED) is 0.161. The van der Waals surface area contributed by atoms with Crippen molar-refractivity contribution in [1.82, 2.24) is 10.3 Å². The highest BCUT2D eigenvalue weighted by Gasteiger charge is 2.69. The van der Waals surface area contributed by atoms with Gasteiger partial charge in [0.25, 0.3) is 0 Å². The molecule has 10 N–H and O–H groups in total. The van der Waals surface area contributed by atoms with Gasteiger partial charge in [0.15, 0.2) is 5.54 Å². The van der Waals surface area contributed by atoms with Gasteiger partial charge in [0.1, 0.15) is 11.8 Å². The van der Waals surface area contributed by atoms with Gasteiger partial charge in [0, 0.05) is 22.9 Å². The van der Waals surface area contributed by atoms with Gasteiger partial charge in [0.05, 0.1) is 12.1 Å². The number of imidazole rings is 1. The fourth-order valence-electron chi connectivity index (χ4n) is 4.24. The Labute approximate surface area is 146 Å². The van der Waals surface area contributed by atoms with Gasteiger partial charge in [-0.05, 0) is 22.9 Å². The lowest BCUT2D eigenvalue weighted by atomic mass is 9.79. The Kier molecular flexibility index (Phi) is 4.49. The zero-order chi connectivity index (χ0) is 18.9. The van der Waals surface area contributed by atoms with Crippen LogP contribution in [0, 0.1) is 11.8 Å². The summed E-state index contributed by atoms with van der Waals surface area (Å²) in [4.78, 5) is 14.0. The molecule has 0 saturated heterocycles. The molecular formula is C12H20N12O2+2. The molecule has 1 aliphatic carbocycles. The summed E-state index contributed by atoms with van der Waals surface area (Å²) in [7, 11) is 0. The summed E-state index contributed by atoms with van der Waals surface area (Å²) in [6, 6.07) is 0. The number of aromatic amines is 2. The van der Waals surface area contributed by atoms with E-state index < -0.39 is 35.6 Å². The van der Waals surface area contributed by atoms with E-state index in [4.69, 9.17) is 22.5 Å². The zero-order valence-electron chi connectivity index (χ0n) is 13.6. The molecule has 3 rings (SSSR count). The molecule has 0 amide bonds. The number of nitrogens with zero attached hydrogens (tertiary/aromatic N) is 6. The number of nitrogen functional groups attached to an aromatic ring is 1. The number of aliphatic hydroxyl groups excluding tert-OH is 2. The summed E-state index contributed by atoms with van der Waals surface area (Å²) >= 11 is 0. The van der Waals surface area contributed by atoms with E-state index in [1.54, 1.807) is 6.20 Å². The van der Waals surface area contributed by atoms with E-state index in [0.717, 1.165) is 0 Å². The van der Waals surface area contributed by atoms with Crippen LogP contribution in [0.4, 0.5) is 5.95 Å². The SMILES string of the molecule is [N-]=[N+]=NC[C@@H]1[C@@H](CN=[N+]=[N-])[C@H](c2c[nH+]c(N)[nH]2)[C@]2(NC(N)=[NH+]C2O)[C@H]1O. The van der Waals surface area contributed by atoms with E-state index >= 15 is 0 Å². The number of hydrogen-bond acceptors (Lipinski definition) is 7. The number of H-pyrrole nitrogens is 2. The Morgan fingerprint density at radius 3 is 2.35 bits per heavy atom. The molecule has 1 unspecified atom stereocenters. The highest BCUT2D eigenvalue weighted by molar-refractivity contribution is 5.75. The number of rotatable bonds is 5. The normalized spacial score (nSPS) is 35.5. The van der Waals surface area contributed by atoms with E-state index in [1.165, 1.54) is 0 Å². The van der Waals surface area contributed by atoms with E-state index in [9.17, 15) is 10.2 Å². The standard InChI is InChI=1S/C12H18N12O2/c13-10-17-3-6(20-10)7-4(1-18-23-15)5(2-19-24-16)8(25)12(7)9(26)21-11(14)22-12/h3-5,7-9,25-26H,1-2H2,(H3,13,17,20)(H3,14,21,22)/p+2/t4-,5-,7-,8+,9?,12+/m1/s1. The Hall–Kier alpha value is -3.18. The van der Waals surface area contributed by atoms with Gasteiger partial charge in [-0.3, -0.25) is 16.8 Å². The maximum Gasteiger partial charge on any atom is 0.350 e. The fourth-order valence-corrected chi connectivity index (χ4v) is 4.24. The Morgan fingerprint density at radius 1 is 1.19 bits per heavy atom. The lowest BCUT2D eigenvalue weighted by Crippen LogP contribution is -2.82. The summed E-state index contributed by atoms with van der Waals surface area (Å²) in [6.45, 7) is -0.0332. The van der Waals surface area contributed by atoms with Crippen LogP contribution in [0.3, 0.4) is 0 Å². The van der Waals surface area contributed by atoms with Crippen LogP contribution in [0.5, 0.6) is 0 Å². The number of aromatic nitrogens is 2. The minimum absolute atomic E-state index is 0.0127. The summed E-state index contributed by atoms with van der Waals surface area (Å²) in [5.74, 6) is -1.27. The van der Waals surface area contributed by atoms with Crippen molar-refractivity contribution in [2.24, 2.45) is 27.8 Å². The van der Waals surface area contributed by atoms with Crippen LogP contribution in [0.25, 0.3) is 20.9 Å². The predicted octanol–water partition coefficient (Wildman–Crippen LogP) is -3.22. The Morgan fingerprint density at radius 2 is 1.85 bits per heavy atom. The molecule has 1 aliphatic heterocycles. The van der Waals surface area contributed by atoms with E-state index in [2.05, 4.69) is 40.3 Å². The van der Waals surface area contributed by atoms with Crippen molar-refractivity contribution in [1.29, 1.82) is 0 Å². The second-order valence-electron chi connectivity index (χ2n) is 6.38. The average molecular weight is 364 g/mol. The lowest BCUT2D eigenvalue weighted by molar-refractivity contribution is -0.559. The largest absolute Gasteiger partial charge is 0.389 e. The highest BCUT2D eigenvalue weighted by atomic mass is 16.3. The first kappa shape index (κ1) is 17.6. The number of nitrogens with two attached hydrogens (primary N) is 2. The number of hydrogen-bond donors (Lipinski definition) is 7. The van der Waals surface area contributed by atoms with E-state index in [-0.39, 0.29) is 25.0 Å². The third kappa shape index (κ3) is 2.53. The van der Waals surface area contributed by atoms with Crippen molar-refractivity contribution < 1.29 is 20.2 Å². The number of aliphatic hydroxyl groups is 2. The third-order valence-corrected chi connectivity index (χ3v) is 5.19. The van der Waals surface area contributed by atoms with Crippen molar-refractivity contribution in [3.8, 4) is 0 Å². The molecular weight excluding hydrogens is 344 g/mol. The van der Waals surface area contributed by atoms with Gasteiger partial charge in [-0.15, -0.1) is 0 Å². The zero-order valence-corrected chi connectivity index (χ0v) is 13.6. The lowest BCUT2D eigenvalue weighted by Gasteiger charge is -2.33. The van der Waals surface area contributed by atoms with Crippen LogP contribution in [-0.2, 0) is 0 Å². The first-order valence-corrected chi connectivity index (χ1v) is 7.86. The van der Waals surface area contributed by atoms with E-state index in [1.807, 2.05) is 0 Å². The number of azide groups is 2. The fraction of sp³-hybridized carbons (Fsp3) is 0.667. The molecule has 1 aromatic heterocycles. The summed E-state index contributed by atoms with van der Waals surface area (Å²) in [6.07, 6.45) is -0.794. The minimum Gasteiger partial charge on any atom is -0.389 e. The molecule has 1 aromatic rings. The Balaban J connectivity index is 2.14. The number of anilines is 1. The van der Waals surface area contributed by atoms with Gasteiger partial charge in [-0.1, -0.05) is 10.2 Å². The van der Waals surface area contributed by atoms with Crippen LogP contribution in [0.1, 0.15) is 11.6 Å². The molecule has 2 heterocycles. The Bertz CT molecular complexity index is 809. The predicted molar refractivity (Wildman–Crippen MR) is 87.5 cm³/mol. The van der Waals surface area contributed by atoms with Gasteiger partial charge in [-0.25, -0.2) is 15.0 Å². The highest BCUT2D eigenvalue weighted by Crippen LogP contribution is 2.51. The monoisotopic (exact) mass is 364 g/mol. The van der Waals surface area contributed by atoms with E-state index in [0.29, 0.717) is 5.69 Å². The third-order valence-electron chi connectivity index (χ3n) is 5.19. The molecule has 0 radical (unpaired) electrons. The molecule has 2 aliphatic rings. The molecule has 138 valence electrons. The smallest absolute Gasteiger partial charge is 0.350 e. The molecule has 1 spiro atoms. The van der Waals surface area contributed by atoms with Crippen molar-refractivity contribution in [2.45, 2.75) is 23.8 Å². The topological polar surface area (TPSA) is 246 Å². The number of guanidine groups is 1. The molecule has 1 saturated carbocycles. The van der Waals surface area contributed by atoms with Crippen LogP contribution in [0.15, 0.2) is 16.4 Å². The number of nitrogens with one attached hydrogen (secondary N) is 4. The van der Waals surface area contributed by atoms with Crippen molar-refractivity contribution >= 4 is 11.9 Å². The van der Waals surface area contributed by atoms with Crippen LogP contribution in [-0.4, -0.2) is 52.1 Å². The van der Waals surface area contributed by atoms with Crippen molar-refractivity contribution in [3.63, 3.8) is 0 Å². The molecule has 14 heteroatoms. The summed E-state index contributed by atoms with van der Waals surface area (Å²) < 4.78 is 0. The molecule has 6 atom stereocenters. The van der Waals surface area contributed by atoms with Crippen LogP contribution in [0.2, 0.25) is 0 Å². The maximum atomic E-state index is 11.1. The van der Waals surface area contributed by atoms with Crippen LogP contribution >= 0.6 is 0 Å². The average Bonchev–Trinajstić information content (AvgIpc) is 3.21. The molecule has 0 bridgehead atoms. The second-order valence-corrected chi connectivity index (χ2v) is 6.38. The molecule has 26 heavy (non-hydrogen) atoms. The van der Waals surface area contributed by atoms with Crippen LogP contribution < -0.4 is 26.8 Å². The summed E-state index contributed by atoms with van der Waals surface area (Å²) in [5.41, 5.74) is 28.2. The molecule has 14 nitrogen and oxygen atoms in total. The van der Waals surface area contributed by atoms with Crippen molar-refractivity contribution in [2.75, 3.05) is 18.8 Å². The second kappa shape index (κ2) is 6.61. The first-order valence-electron chi connectivity index (χ1n) is 7.86. The maximum absolute atomic E-state index is 11.1. The molecule has 1 fully saturated rings. The van der Waals surface area contributed by atoms with Gasteiger partial charge in [0.2, 0.25) is 6.23 Å².